The highest BCUT2D eigenvalue weighted by Gasteiger charge is 2.30. The molecule has 86 valence electrons. The molecule has 15 heavy (non-hydrogen) atoms. The largest absolute Gasteiger partial charge is 0.478 e. The Hall–Kier alpha value is -0.910. The molecule has 3 atom stereocenters. The average Bonchev–Trinajstić information content (AvgIpc) is 2.99. The summed E-state index contributed by atoms with van der Waals surface area (Å²) in [4.78, 5) is 10.7. The lowest BCUT2D eigenvalue weighted by Crippen LogP contribution is -2.22. The molecule has 0 saturated carbocycles. The van der Waals surface area contributed by atoms with E-state index in [-0.39, 0.29) is 30.6 Å². The van der Waals surface area contributed by atoms with Gasteiger partial charge in [-0.15, -0.1) is 0 Å². The predicted molar refractivity (Wildman–Crippen MR) is 52.3 cm³/mol. The highest BCUT2D eigenvalue weighted by atomic mass is 16.6. The van der Waals surface area contributed by atoms with E-state index in [1.165, 1.54) is 0 Å². The first-order chi connectivity index (χ1) is 7.04. The fraction of sp³-hybridized carbons (Fsp3) is 0.700. The summed E-state index contributed by atoms with van der Waals surface area (Å²) in [5.74, 6) is -1.40. The van der Waals surface area contributed by atoms with Gasteiger partial charge in [0, 0.05) is 5.57 Å². The molecular formula is C10H16O5. The van der Waals surface area contributed by atoms with Crippen molar-refractivity contribution >= 4 is 5.97 Å². The molecule has 0 radical (unpaired) electrons. The highest BCUT2D eigenvalue weighted by molar-refractivity contribution is 5.86. The van der Waals surface area contributed by atoms with Crippen molar-refractivity contribution in [2.24, 2.45) is 5.92 Å². The third kappa shape index (κ3) is 3.99. The maximum Gasteiger partial charge on any atom is 0.331 e. The summed E-state index contributed by atoms with van der Waals surface area (Å²) in [5, 5.41) is 26.7. The molecule has 1 fully saturated rings. The molecular weight excluding hydrogens is 200 g/mol. The quantitative estimate of drug-likeness (QED) is 0.404. The Labute approximate surface area is 88.0 Å². The topological polar surface area (TPSA) is 90.3 Å². The molecule has 5 heteroatoms. The van der Waals surface area contributed by atoms with Crippen LogP contribution in [0.1, 0.15) is 12.8 Å². The Kier molecular flexibility index (Phi) is 4.26. The summed E-state index contributed by atoms with van der Waals surface area (Å²) >= 11 is 0. The van der Waals surface area contributed by atoms with E-state index in [1.54, 1.807) is 0 Å². The van der Waals surface area contributed by atoms with Gasteiger partial charge >= 0.3 is 5.97 Å². The van der Waals surface area contributed by atoms with Gasteiger partial charge in [-0.25, -0.2) is 4.79 Å². The maximum absolute atomic E-state index is 10.7. The Bertz CT molecular complexity index is 246. The number of hydrogen-bond acceptors (Lipinski definition) is 4. The van der Waals surface area contributed by atoms with Crippen LogP contribution in [0.3, 0.4) is 0 Å². The first-order valence-electron chi connectivity index (χ1n) is 4.87. The van der Waals surface area contributed by atoms with Gasteiger partial charge in [0.25, 0.3) is 0 Å². The fourth-order valence-corrected chi connectivity index (χ4v) is 1.48. The van der Waals surface area contributed by atoms with Crippen molar-refractivity contribution in [3.05, 3.63) is 12.2 Å². The second kappa shape index (κ2) is 5.25. The molecule has 0 aliphatic carbocycles. The van der Waals surface area contributed by atoms with Gasteiger partial charge < -0.3 is 20.1 Å². The molecule has 0 aromatic heterocycles. The monoisotopic (exact) mass is 216 g/mol. The van der Waals surface area contributed by atoms with Crippen LogP contribution < -0.4 is 0 Å². The summed E-state index contributed by atoms with van der Waals surface area (Å²) < 4.78 is 5.01. The lowest BCUT2D eigenvalue weighted by Gasteiger charge is -2.18. The summed E-state index contributed by atoms with van der Waals surface area (Å²) in [7, 11) is 0. The van der Waals surface area contributed by atoms with E-state index in [2.05, 4.69) is 6.58 Å². The number of ether oxygens (including phenoxy) is 1. The second-order valence-corrected chi connectivity index (χ2v) is 3.79. The van der Waals surface area contributed by atoms with Crippen LogP contribution in [-0.4, -0.2) is 46.7 Å². The average molecular weight is 216 g/mol. The minimum atomic E-state index is -1.06. The maximum atomic E-state index is 10.7. The van der Waals surface area contributed by atoms with E-state index < -0.39 is 12.1 Å². The number of epoxide rings is 1. The lowest BCUT2D eigenvalue weighted by molar-refractivity contribution is -0.133. The van der Waals surface area contributed by atoms with Gasteiger partial charge in [0.05, 0.1) is 25.4 Å². The smallest absolute Gasteiger partial charge is 0.331 e. The zero-order valence-electron chi connectivity index (χ0n) is 8.43. The first-order valence-corrected chi connectivity index (χ1v) is 4.87. The highest BCUT2D eigenvalue weighted by Crippen LogP contribution is 2.27. The van der Waals surface area contributed by atoms with Crippen LogP contribution in [0.4, 0.5) is 0 Å². The zero-order chi connectivity index (χ0) is 11.4. The van der Waals surface area contributed by atoms with Crippen LogP contribution in [0.15, 0.2) is 12.2 Å². The summed E-state index contributed by atoms with van der Waals surface area (Å²) in [6.45, 7) is 3.75. The molecule has 0 aromatic rings. The standard InChI is InChI=1S/C10H16O5/c1-6(10(13)14)7(2-8(12)4-11)3-9-5-15-9/h7-9,11-12H,1-5H2,(H,13,14). The van der Waals surface area contributed by atoms with Gasteiger partial charge in [0.2, 0.25) is 0 Å². The lowest BCUT2D eigenvalue weighted by atomic mass is 9.90. The molecule has 0 aromatic carbocycles. The van der Waals surface area contributed by atoms with Gasteiger partial charge in [0.1, 0.15) is 0 Å². The van der Waals surface area contributed by atoms with Crippen molar-refractivity contribution in [3.63, 3.8) is 0 Å². The van der Waals surface area contributed by atoms with Crippen molar-refractivity contribution in [3.8, 4) is 0 Å². The molecule has 5 nitrogen and oxygen atoms in total. The van der Waals surface area contributed by atoms with Gasteiger partial charge in [-0.3, -0.25) is 0 Å². The SMILES string of the molecule is C=C(C(=O)O)C(CC(O)CO)CC1CO1. The summed E-state index contributed by atoms with van der Waals surface area (Å²) in [5.41, 5.74) is 0.0676. The van der Waals surface area contributed by atoms with Crippen molar-refractivity contribution in [1.82, 2.24) is 0 Å². The van der Waals surface area contributed by atoms with Crippen LogP contribution in [-0.2, 0) is 9.53 Å². The summed E-state index contributed by atoms with van der Waals surface area (Å²) in [6.07, 6.45) is -0.0641. The number of carboxylic acids is 1. The first kappa shape index (κ1) is 12.2. The zero-order valence-corrected chi connectivity index (χ0v) is 8.43. The number of carbonyl (C=O) groups is 1. The number of rotatable bonds is 7. The molecule has 0 bridgehead atoms. The number of aliphatic hydroxyl groups is 2. The molecule has 1 saturated heterocycles. The van der Waals surface area contributed by atoms with Crippen LogP contribution in [0.2, 0.25) is 0 Å². The molecule has 0 amide bonds. The molecule has 3 N–H and O–H groups in total. The summed E-state index contributed by atoms with van der Waals surface area (Å²) in [6, 6.07) is 0. The van der Waals surface area contributed by atoms with Crippen LogP contribution in [0.25, 0.3) is 0 Å². The molecule has 0 spiro atoms. The molecule has 1 aliphatic heterocycles. The number of aliphatic hydroxyl groups excluding tert-OH is 2. The van der Waals surface area contributed by atoms with E-state index in [0.29, 0.717) is 13.0 Å². The molecule has 3 unspecified atom stereocenters. The van der Waals surface area contributed by atoms with E-state index in [4.69, 9.17) is 14.9 Å². The van der Waals surface area contributed by atoms with E-state index in [1.807, 2.05) is 0 Å². The third-order valence-corrected chi connectivity index (χ3v) is 2.48. The Morgan fingerprint density at radius 1 is 1.60 bits per heavy atom. The van der Waals surface area contributed by atoms with Gasteiger partial charge in [-0.2, -0.15) is 0 Å². The number of hydrogen-bond donors (Lipinski definition) is 3. The van der Waals surface area contributed by atoms with Crippen molar-refractivity contribution in [1.29, 1.82) is 0 Å². The number of carboxylic acid groups (broad SMARTS) is 1. The predicted octanol–water partition coefficient (Wildman–Crippen LogP) is -0.224. The van der Waals surface area contributed by atoms with Crippen LogP contribution >= 0.6 is 0 Å². The Morgan fingerprint density at radius 3 is 2.60 bits per heavy atom. The van der Waals surface area contributed by atoms with Crippen molar-refractivity contribution in [2.75, 3.05) is 13.2 Å². The van der Waals surface area contributed by atoms with E-state index in [0.717, 1.165) is 0 Å². The van der Waals surface area contributed by atoms with Crippen molar-refractivity contribution < 1.29 is 24.9 Å². The Balaban J connectivity index is 2.50. The van der Waals surface area contributed by atoms with E-state index >= 15 is 0 Å². The third-order valence-electron chi connectivity index (χ3n) is 2.48. The van der Waals surface area contributed by atoms with Crippen LogP contribution in [0.5, 0.6) is 0 Å². The van der Waals surface area contributed by atoms with Gasteiger partial charge in [0.15, 0.2) is 0 Å². The molecule has 1 aliphatic rings. The fourth-order valence-electron chi connectivity index (χ4n) is 1.48. The Morgan fingerprint density at radius 2 is 2.20 bits per heavy atom. The number of aliphatic carboxylic acids is 1. The van der Waals surface area contributed by atoms with Gasteiger partial charge in [-0.1, -0.05) is 6.58 Å². The normalized spacial score (nSPS) is 23.2. The molecule has 1 heterocycles. The molecule has 1 rings (SSSR count). The second-order valence-electron chi connectivity index (χ2n) is 3.79. The minimum absolute atomic E-state index is 0.0676. The van der Waals surface area contributed by atoms with E-state index in [9.17, 15) is 9.90 Å². The van der Waals surface area contributed by atoms with Crippen molar-refractivity contribution in [2.45, 2.75) is 25.0 Å². The van der Waals surface area contributed by atoms with Gasteiger partial charge in [-0.05, 0) is 18.8 Å². The minimum Gasteiger partial charge on any atom is -0.478 e. The van der Waals surface area contributed by atoms with Crippen LogP contribution in [0, 0.1) is 5.92 Å².